The first kappa shape index (κ1) is 11.0. The van der Waals surface area contributed by atoms with Crippen molar-refractivity contribution in [1.82, 2.24) is 4.98 Å². The van der Waals surface area contributed by atoms with E-state index in [1.165, 1.54) is 12.3 Å². The molecule has 0 aliphatic rings. The van der Waals surface area contributed by atoms with Gasteiger partial charge in [0.05, 0.1) is 22.0 Å². The minimum absolute atomic E-state index is 0.103. The molecule has 0 radical (unpaired) electrons. The number of pyridine rings is 1. The van der Waals surface area contributed by atoms with Gasteiger partial charge >= 0.3 is 0 Å². The zero-order chi connectivity index (χ0) is 11.7. The lowest BCUT2D eigenvalue weighted by Crippen LogP contribution is -1.92. The van der Waals surface area contributed by atoms with Gasteiger partial charge < -0.3 is 10.9 Å². The molecule has 0 amide bonds. The van der Waals surface area contributed by atoms with Crippen molar-refractivity contribution >= 4 is 40.3 Å². The molecular formula is C10H7Cl2N3O. The second kappa shape index (κ2) is 4.15. The van der Waals surface area contributed by atoms with Crippen LogP contribution in [0.25, 0.3) is 10.9 Å². The Hall–Kier alpha value is -1.52. The molecule has 0 aliphatic carbocycles. The molecule has 1 heterocycles. The maximum atomic E-state index is 9.75. The Morgan fingerprint density at radius 3 is 2.75 bits per heavy atom. The molecule has 0 unspecified atom stereocenters. The number of hydrogen-bond donors (Lipinski definition) is 2. The average molecular weight is 256 g/mol. The van der Waals surface area contributed by atoms with Crippen LogP contribution < -0.4 is 5.84 Å². The van der Waals surface area contributed by atoms with Gasteiger partial charge in [0.2, 0.25) is 0 Å². The van der Waals surface area contributed by atoms with Crippen molar-refractivity contribution < 1.29 is 5.11 Å². The Kier molecular flexibility index (Phi) is 2.85. The van der Waals surface area contributed by atoms with E-state index in [9.17, 15) is 5.11 Å². The van der Waals surface area contributed by atoms with Crippen molar-refractivity contribution in [2.75, 3.05) is 0 Å². The fourth-order valence-corrected chi connectivity index (χ4v) is 1.88. The van der Waals surface area contributed by atoms with Crippen molar-refractivity contribution in [2.24, 2.45) is 10.9 Å². The van der Waals surface area contributed by atoms with Crippen LogP contribution in [0.5, 0.6) is 5.75 Å². The molecule has 0 bridgehead atoms. The number of halogens is 2. The Bertz CT molecular complexity index is 584. The number of benzene rings is 1. The molecule has 2 aromatic rings. The second-order valence-corrected chi connectivity index (χ2v) is 3.91. The Balaban J connectivity index is 2.81. The minimum atomic E-state index is -0.103. The van der Waals surface area contributed by atoms with Crippen LogP contribution in [0.1, 0.15) is 5.69 Å². The molecule has 16 heavy (non-hydrogen) atoms. The highest BCUT2D eigenvalue weighted by Gasteiger charge is 2.10. The standard InChI is InChI=1S/C10H7Cl2N3O/c11-7-3-8(12)10(16)9-6(7)2-1-5(15-9)4-14-13/h1-4,16H,13H2. The summed E-state index contributed by atoms with van der Waals surface area (Å²) in [4.78, 5) is 4.14. The van der Waals surface area contributed by atoms with Crippen LogP contribution >= 0.6 is 23.2 Å². The first-order valence-corrected chi connectivity index (χ1v) is 5.10. The number of aromatic nitrogens is 1. The fourth-order valence-electron chi connectivity index (χ4n) is 1.37. The normalized spacial score (nSPS) is 11.4. The lowest BCUT2D eigenvalue weighted by Gasteiger charge is -2.05. The number of aromatic hydroxyl groups is 1. The van der Waals surface area contributed by atoms with E-state index in [4.69, 9.17) is 29.0 Å². The molecule has 0 fully saturated rings. The molecule has 0 aliphatic heterocycles. The monoisotopic (exact) mass is 255 g/mol. The van der Waals surface area contributed by atoms with E-state index < -0.39 is 0 Å². The van der Waals surface area contributed by atoms with Crippen molar-refractivity contribution in [3.05, 3.63) is 33.9 Å². The lowest BCUT2D eigenvalue weighted by atomic mass is 10.2. The molecular weight excluding hydrogens is 249 g/mol. The van der Waals surface area contributed by atoms with Gasteiger partial charge in [-0.1, -0.05) is 23.2 Å². The third-order valence-corrected chi connectivity index (χ3v) is 2.69. The first-order chi connectivity index (χ1) is 7.63. The highest BCUT2D eigenvalue weighted by molar-refractivity contribution is 6.39. The third kappa shape index (κ3) is 1.77. The number of hydrogen-bond acceptors (Lipinski definition) is 4. The summed E-state index contributed by atoms with van der Waals surface area (Å²) in [5.74, 6) is 4.91. The van der Waals surface area contributed by atoms with Gasteiger partial charge in [0.25, 0.3) is 0 Å². The second-order valence-electron chi connectivity index (χ2n) is 3.10. The quantitative estimate of drug-likeness (QED) is 0.468. The van der Waals surface area contributed by atoms with E-state index in [2.05, 4.69) is 10.1 Å². The van der Waals surface area contributed by atoms with Crippen molar-refractivity contribution in [1.29, 1.82) is 0 Å². The van der Waals surface area contributed by atoms with Gasteiger partial charge in [0, 0.05) is 5.39 Å². The summed E-state index contributed by atoms with van der Waals surface area (Å²) in [6.45, 7) is 0. The van der Waals surface area contributed by atoms with Crippen LogP contribution in [0.15, 0.2) is 23.3 Å². The van der Waals surface area contributed by atoms with Crippen LogP contribution in [0.4, 0.5) is 0 Å². The smallest absolute Gasteiger partial charge is 0.160 e. The van der Waals surface area contributed by atoms with Crippen LogP contribution in [-0.4, -0.2) is 16.3 Å². The van der Waals surface area contributed by atoms with Crippen molar-refractivity contribution in [3.63, 3.8) is 0 Å². The van der Waals surface area contributed by atoms with Crippen LogP contribution in [0.2, 0.25) is 10.0 Å². The van der Waals surface area contributed by atoms with Gasteiger partial charge in [-0.05, 0) is 18.2 Å². The minimum Gasteiger partial charge on any atom is -0.504 e. The Morgan fingerprint density at radius 1 is 1.31 bits per heavy atom. The largest absolute Gasteiger partial charge is 0.504 e. The number of rotatable bonds is 1. The van der Waals surface area contributed by atoms with Gasteiger partial charge in [-0.3, -0.25) is 0 Å². The van der Waals surface area contributed by atoms with E-state index in [0.717, 1.165) is 0 Å². The molecule has 0 spiro atoms. The van der Waals surface area contributed by atoms with Gasteiger partial charge in [-0.25, -0.2) is 4.98 Å². The topological polar surface area (TPSA) is 71.5 Å². The number of nitrogens with two attached hydrogens (primary N) is 1. The van der Waals surface area contributed by atoms with E-state index in [0.29, 0.717) is 21.6 Å². The number of nitrogens with zero attached hydrogens (tertiary/aromatic N) is 2. The van der Waals surface area contributed by atoms with Crippen molar-refractivity contribution in [2.45, 2.75) is 0 Å². The SMILES string of the molecule is NN=Cc1ccc2c(Cl)cc(Cl)c(O)c2n1. The van der Waals surface area contributed by atoms with Gasteiger partial charge in [-0.2, -0.15) is 5.10 Å². The predicted octanol–water partition coefficient (Wildman–Crippen LogP) is 2.54. The summed E-state index contributed by atoms with van der Waals surface area (Å²) in [6.07, 6.45) is 1.37. The highest BCUT2D eigenvalue weighted by Crippen LogP contribution is 2.35. The highest BCUT2D eigenvalue weighted by atomic mass is 35.5. The van der Waals surface area contributed by atoms with Crippen LogP contribution in [-0.2, 0) is 0 Å². The van der Waals surface area contributed by atoms with Gasteiger partial charge in [0.15, 0.2) is 5.75 Å². The van der Waals surface area contributed by atoms with Gasteiger partial charge in [0.1, 0.15) is 5.52 Å². The summed E-state index contributed by atoms with van der Waals surface area (Å²) >= 11 is 11.8. The van der Waals surface area contributed by atoms with E-state index in [-0.39, 0.29) is 10.8 Å². The third-order valence-electron chi connectivity index (χ3n) is 2.08. The molecule has 4 nitrogen and oxygen atoms in total. The summed E-state index contributed by atoms with van der Waals surface area (Å²) in [6, 6.07) is 4.88. The Labute approximate surface area is 101 Å². The molecule has 2 rings (SSSR count). The van der Waals surface area contributed by atoms with Crippen molar-refractivity contribution in [3.8, 4) is 5.75 Å². The van der Waals surface area contributed by atoms with Crippen LogP contribution in [0, 0.1) is 0 Å². The first-order valence-electron chi connectivity index (χ1n) is 4.34. The van der Waals surface area contributed by atoms with E-state index in [1.54, 1.807) is 12.1 Å². The maximum Gasteiger partial charge on any atom is 0.160 e. The number of phenols is 1. The zero-order valence-electron chi connectivity index (χ0n) is 7.98. The number of fused-ring (bicyclic) bond motifs is 1. The molecule has 0 saturated heterocycles. The molecule has 6 heteroatoms. The maximum absolute atomic E-state index is 9.75. The zero-order valence-corrected chi connectivity index (χ0v) is 9.50. The van der Waals surface area contributed by atoms with E-state index >= 15 is 0 Å². The fraction of sp³-hybridized carbons (Fsp3) is 0. The molecule has 1 aromatic carbocycles. The van der Waals surface area contributed by atoms with E-state index in [1.807, 2.05) is 0 Å². The Morgan fingerprint density at radius 2 is 2.06 bits per heavy atom. The molecule has 0 saturated carbocycles. The average Bonchev–Trinajstić information content (AvgIpc) is 2.26. The molecule has 1 aromatic heterocycles. The summed E-state index contributed by atoms with van der Waals surface area (Å²) < 4.78 is 0. The lowest BCUT2D eigenvalue weighted by molar-refractivity contribution is 0.480. The van der Waals surface area contributed by atoms with Gasteiger partial charge in [-0.15, -0.1) is 0 Å². The number of hydrazone groups is 1. The predicted molar refractivity (Wildman–Crippen MR) is 65.2 cm³/mol. The molecule has 82 valence electrons. The molecule has 0 atom stereocenters. The summed E-state index contributed by atoms with van der Waals surface area (Å²) in [7, 11) is 0. The molecule has 3 N–H and O–H groups in total. The summed E-state index contributed by atoms with van der Waals surface area (Å²) in [5.41, 5.74) is 0.846. The summed E-state index contributed by atoms with van der Waals surface area (Å²) in [5, 5.41) is 14.3. The number of phenolic OH excluding ortho intramolecular Hbond substituents is 1. The van der Waals surface area contributed by atoms with Crippen LogP contribution in [0.3, 0.4) is 0 Å².